The van der Waals surface area contributed by atoms with Crippen LogP contribution in [0.2, 0.25) is 5.02 Å². The molecule has 3 rings (SSSR count). The van der Waals surface area contributed by atoms with Gasteiger partial charge in [-0.25, -0.2) is 4.79 Å². The fraction of sp³-hybridized carbons (Fsp3) is 0. The second-order valence-corrected chi connectivity index (χ2v) is 5.08. The van der Waals surface area contributed by atoms with E-state index in [4.69, 9.17) is 16.0 Å². The topological polar surface area (TPSA) is 85.7 Å². The van der Waals surface area contributed by atoms with Crippen LogP contribution in [0.15, 0.2) is 62.7 Å². The third-order valence-corrected chi connectivity index (χ3v) is 3.47. The van der Waals surface area contributed by atoms with Gasteiger partial charge in [0, 0.05) is 17.7 Å². The van der Waals surface area contributed by atoms with Crippen molar-refractivity contribution < 1.29 is 9.34 Å². The van der Waals surface area contributed by atoms with E-state index >= 15 is 0 Å². The first kappa shape index (κ1) is 14.9. The highest BCUT2D eigenvalue weighted by Gasteiger charge is 2.12. The van der Waals surface area contributed by atoms with Gasteiger partial charge in [0.15, 0.2) is 0 Å². The summed E-state index contributed by atoms with van der Waals surface area (Å²) < 4.78 is 5.08. The van der Waals surface area contributed by atoms with Crippen molar-refractivity contribution in [2.24, 2.45) is 4.99 Å². The number of hydrogen-bond acceptors (Lipinski definition) is 5. The standard InChI is InChI=1S/C16H9ClN2O4/c17-12-6-5-10(7-14(12)19(21)22)9-18-13-8-16(20)23-15-4-2-1-3-11(13)15/h1-9H. The summed E-state index contributed by atoms with van der Waals surface area (Å²) in [6.07, 6.45) is 1.44. The second-order valence-electron chi connectivity index (χ2n) is 4.67. The Bertz CT molecular complexity index is 995. The molecule has 0 aliphatic carbocycles. The first-order valence-corrected chi connectivity index (χ1v) is 6.93. The summed E-state index contributed by atoms with van der Waals surface area (Å²) in [6.45, 7) is 0. The Morgan fingerprint density at radius 1 is 1.17 bits per heavy atom. The molecule has 0 atom stereocenters. The van der Waals surface area contributed by atoms with Gasteiger partial charge in [0.25, 0.3) is 5.69 Å². The maximum atomic E-state index is 11.6. The van der Waals surface area contributed by atoms with E-state index in [0.29, 0.717) is 22.2 Å². The van der Waals surface area contributed by atoms with Crippen molar-refractivity contribution >= 4 is 40.2 Å². The normalized spacial score (nSPS) is 11.2. The van der Waals surface area contributed by atoms with E-state index in [-0.39, 0.29) is 10.7 Å². The van der Waals surface area contributed by atoms with Gasteiger partial charge in [0.2, 0.25) is 0 Å². The molecule has 0 bridgehead atoms. The lowest BCUT2D eigenvalue weighted by Crippen LogP contribution is -1.95. The number of hydrogen-bond donors (Lipinski definition) is 0. The minimum Gasteiger partial charge on any atom is -0.423 e. The maximum Gasteiger partial charge on any atom is 0.338 e. The third kappa shape index (κ3) is 3.12. The zero-order valence-electron chi connectivity index (χ0n) is 11.6. The molecule has 2 aromatic carbocycles. The molecule has 1 heterocycles. The summed E-state index contributed by atoms with van der Waals surface area (Å²) >= 11 is 5.77. The Labute approximate surface area is 134 Å². The molecule has 0 N–H and O–H groups in total. The fourth-order valence-electron chi connectivity index (χ4n) is 2.10. The van der Waals surface area contributed by atoms with Crippen LogP contribution >= 0.6 is 11.6 Å². The van der Waals surface area contributed by atoms with Crippen molar-refractivity contribution in [3.63, 3.8) is 0 Å². The third-order valence-electron chi connectivity index (χ3n) is 3.15. The number of para-hydroxylation sites is 1. The lowest BCUT2D eigenvalue weighted by Gasteiger charge is -2.00. The smallest absolute Gasteiger partial charge is 0.338 e. The van der Waals surface area contributed by atoms with Crippen LogP contribution in [0.5, 0.6) is 0 Å². The summed E-state index contributed by atoms with van der Waals surface area (Å²) in [4.78, 5) is 26.1. The molecule has 3 aromatic rings. The van der Waals surface area contributed by atoms with E-state index in [0.717, 1.165) is 0 Å². The van der Waals surface area contributed by atoms with Crippen LogP contribution in [0.3, 0.4) is 0 Å². The zero-order valence-corrected chi connectivity index (χ0v) is 12.4. The van der Waals surface area contributed by atoms with Gasteiger partial charge in [-0.1, -0.05) is 29.8 Å². The average molecular weight is 329 g/mol. The van der Waals surface area contributed by atoms with E-state index in [9.17, 15) is 14.9 Å². The van der Waals surface area contributed by atoms with Crippen molar-refractivity contribution in [1.29, 1.82) is 0 Å². The zero-order chi connectivity index (χ0) is 16.4. The highest BCUT2D eigenvalue weighted by molar-refractivity contribution is 6.32. The Morgan fingerprint density at radius 2 is 1.96 bits per heavy atom. The predicted octanol–water partition coefficient (Wildman–Crippen LogP) is 4.11. The van der Waals surface area contributed by atoms with E-state index in [1.807, 2.05) is 0 Å². The fourth-order valence-corrected chi connectivity index (χ4v) is 2.28. The average Bonchev–Trinajstić information content (AvgIpc) is 2.53. The minimum atomic E-state index is -0.563. The van der Waals surface area contributed by atoms with Crippen LogP contribution in [0.1, 0.15) is 5.56 Å². The maximum absolute atomic E-state index is 11.6. The lowest BCUT2D eigenvalue weighted by atomic mass is 10.2. The minimum absolute atomic E-state index is 0.0537. The first-order chi connectivity index (χ1) is 11.0. The Morgan fingerprint density at radius 3 is 2.74 bits per heavy atom. The van der Waals surface area contributed by atoms with Crippen molar-refractivity contribution in [3.05, 3.63) is 79.7 Å². The molecule has 1 aromatic heterocycles. The molecule has 23 heavy (non-hydrogen) atoms. The van der Waals surface area contributed by atoms with Crippen LogP contribution in [-0.2, 0) is 0 Å². The van der Waals surface area contributed by atoms with Crippen molar-refractivity contribution in [1.82, 2.24) is 0 Å². The van der Waals surface area contributed by atoms with Crippen molar-refractivity contribution in [3.8, 4) is 0 Å². The molecule has 0 fully saturated rings. The molecule has 0 spiro atoms. The number of rotatable bonds is 3. The molecule has 6 nitrogen and oxygen atoms in total. The molecule has 0 amide bonds. The molecule has 0 aliphatic heterocycles. The van der Waals surface area contributed by atoms with Crippen LogP contribution in [0, 0.1) is 10.1 Å². The number of benzene rings is 2. The Hall–Kier alpha value is -2.99. The molecule has 0 unspecified atom stereocenters. The van der Waals surface area contributed by atoms with Gasteiger partial charge in [0.05, 0.1) is 16.7 Å². The lowest BCUT2D eigenvalue weighted by molar-refractivity contribution is -0.384. The molecular weight excluding hydrogens is 320 g/mol. The van der Waals surface area contributed by atoms with Crippen LogP contribution in [0.4, 0.5) is 11.4 Å². The highest BCUT2D eigenvalue weighted by Crippen LogP contribution is 2.26. The summed E-state index contributed by atoms with van der Waals surface area (Å²) in [5.41, 5.74) is 0.632. The monoisotopic (exact) mass is 328 g/mol. The second kappa shape index (κ2) is 6.02. The van der Waals surface area contributed by atoms with Gasteiger partial charge in [-0.05, 0) is 23.8 Å². The number of nitro groups is 1. The quantitative estimate of drug-likeness (QED) is 0.313. The molecular formula is C16H9ClN2O4. The van der Waals surface area contributed by atoms with Crippen LogP contribution < -0.4 is 5.63 Å². The first-order valence-electron chi connectivity index (χ1n) is 6.55. The van der Waals surface area contributed by atoms with E-state index in [1.165, 1.54) is 24.4 Å². The van der Waals surface area contributed by atoms with Gasteiger partial charge >= 0.3 is 5.63 Å². The summed E-state index contributed by atoms with van der Waals surface area (Å²) in [5, 5.41) is 11.6. The number of aliphatic imine (C=N–C) groups is 1. The van der Waals surface area contributed by atoms with Gasteiger partial charge < -0.3 is 4.42 Å². The summed E-state index contributed by atoms with van der Waals surface area (Å²) in [7, 11) is 0. The van der Waals surface area contributed by atoms with Crippen molar-refractivity contribution in [2.45, 2.75) is 0 Å². The van der Waals surface area contributed by atoms with Gasteiger partial charge in [0.1, 0.15) is 10.6 Å². The molecule has 0 aliphatic rings. The summed E-state index contributed by atoms with van der Waals surface area (Å²) in [5.74, 6) is 0. The largest absolute Gasteiger partial charge is 0.423 e. The van der Waals surface area contributed by atoms with E-state index in [2.05, 4.69) is 4.99 Å². The van der Waals surface area contributed by atoms with E-state index in [1.54, 1.807) is 30.3 Å². The SMILES string of the molecule is O=c1cc(N=Cc2ccc(Cl)c([N+](=O)[O-])c2)c2ccccc2o1. The molecule has 7 heteroatoms. The van der Waals surface area contributed by atoms with Crippen LogP contribution in [-0.4, -0.2) is 11.1 Å². The predicted molar refractivity (Wildman–Crippen MR) is 87.8 cm³/mol. The molecule has 0 saturated carbocycles. The van der Waals surface area contributed by atoms with Gasteiger partial charge in [-0.3, -0.25) is 15.1 Å². The molecule has 0 radical (unpaired) electrons. The summed E-state index contributed by atoms with van der Waals surface area (Å²) in [6, 6.07) is 12.6. The molecule has 114 valence electrons. The van der Waals surface area contributed by atoms with Gasteiger partial charge in [-0.15, -0.1) is 0 Å². The number of fused-ring (bicyclic) bond motifs is 1. The van der Waals surface area contributed by atoms with Crippen LogP contribution in [0.25, 0.3) is 11.0 Å². The van der Waals surface area contributed by atoms with E-state index < -0.39 is 10.5 Å². The van der Waals surface area contributed by atoms with Gasteiger partial charge in [-0.2, -0.15) is 0 Å². The number of nitro benzene ring substituents is 1. The molecule has 0 saturated heterocycles. The number of nitrogens with zero attached hydrogens (tertiary/aromatic N) is 2. The Kier molecular flexibility index (Phi) is 3.91. The highest BCUT2D eigenvalue weighted by atomic mass is 35.5. The van der Waals surface area contributed by atoms with Crippen molar-refractivity contribution in [2.75, 3.05) is 0 Å². The number of halogens is 1. The Balaban J connectivity index is 2.06.